The van der Waals surface area contributed by atoms with Crippen molar-refractivity contribution < 1.29 is 48.2 Å². The minimum absolute atomic E-state index is 0.103. The zero-order chi connectivity index (χ0) is 25.2. The first-order chi connectivity index (χ1) is 15.5. The molecule has 1 N–H and O–H groups in total. The molecule has 0 amide bonds. The molecule has 8 atom stereocenters. The molecular formula is C22H41NO10. The second-order valence-electron chi connectivity index (χ2n) is 8.68. The molecule has 194 valence electrons. The first kappa shape index (κ1) is 29.7. The standard InChI is InChI=1S/C22H41NO10/c1-9-17(26)31-21-16(4)30-18(12-22(21,5)28-13-24)32-20(19(14(2)25)23(6)7)15(3)33-29-11-10-27-8/h13-16,18-21,25H,9-12H2,1-8H3. The highest BCUT2D eigenvalue weighted by atomic mass is 17.2. The Morgan fingerprint density at radius 2 is 1.97 bits per heavy atom. The molecule has 0 aromatic heterocycles. The number of nitrogens with zero attached hydrogens (tertiary/aromatic N) is 1. The van der Waals surface area contributed by atoms with Crippen molar-refractivity contribution in [2.45, 2.75) is 95.9 Å². The predicted molar refractivity (Wildman–Crippen MR) is 117 cm³/mol. The number of rotatable bonds is 15. The number of methoxy groups -OCH3 is 1. The summed E-state index contributed by atoms with van der Waals surface area (Å²) in [4.78, 5) is 35.7. The van der Waals surface area contributed by atoms with Crippen LogP contribution in [-0.4, -0.2) is 105 Å². The molecular weight excluding hydrogens is 438 g/mol. The summed E-state index contributed by atoms with van der Waals surface area (Å²) in [5.41, 5.74) is -1.17. The molecule has 1 heterocycles. The summed E-state index contributed by atoms with van der Waals surface area (Å²) in [6.45, 7) is 9.39. The Bertz CT molecular complexity index is 582. The number of esters is 1. The Hall–Kier alpha value is -1.34. The van der Waals surface area contributed by atoms with Crippen LogP contribution in [0.1, 0.15) is 47.5 Å². The summed E-state index contributed by atoms with van der Waals surface area (Å²) >= 11 is 0. The molecule has 1 rings (SSSR count). The van der Waals surface area contributed by atoms with Crippen LogP contribution in [0.25, 0.3) is 0 Å². The minimum atomic E-state index is -1.17. The zero-order valence-corrected chi connectivity index (χ0v) is 21.0. The number of aliphatic hydroxyl groups excluding tert-OH is 1. The van der Waals surface area contributed by atoms with Gasteiger partial charge in [0.2, 0.25) is 0 Å². The Kier molecular flexibility index (Phi) is 12.7. The van der Waals surface area contributed by atoms with E-state index in [1.807, 2.05) is 19.0 Å². The van der Waals surface area contributed by atoms with E-state index >= 15 is 0 Å². The molecule has 0 aromatic rings. The summed E-state index contributed by atoms with van der Waals surface area (Å²) in [5.74, 6) is -0.426. The largest absolute Gasteiger partial charge is 0.457 e. The van der Waals surface area contributed by atoms with Gasteiger partial charge in [0.25, 0.3) is 6.47 Å². The minimum Gasteiger partial charge on any atom is -0.457 e. The van der Waals surface area contributed by atoms with Crippen LogP contribution in [0.4, 0.5) is 0 Å². The van der Waals surface area contributed by atoms with Crippen LogP contribution in [0.15, 0.2) is 0 Å². The number of hydrogen-bond acceptors (Lipinski definition) is 11. The third kappa shape index (κ3) is 8.75. The average Bonchev–Trinajstić information content (AvgIpc) is 2.72. The van der Waals surface area contributed by atoms with E-state index in [4.69, 9.17) is 33.5 Å². The summed E-state index contributed by atoms with van der Waals surface area (Å²) in [7, 11) is 5.19. The lowest BCUT2D eigenvalue weighted by Gasteiger charge is -2.47. The van der Waals surface area contributed by atoms with Gasteiger partial charge in [-0.3, -0.25) is 9.59 Å². The number of carbonyl (C=O) groups is 2. The average molecular weight is 480 g/mol. The smallest absolute Gasteiger partial charge is 0.306 e. The Balaban J connectivity index is 3.09. The summed E-state index contributed by atoms with van der Waals surface area (Å²) < 4.78 is 28.1. The van der Waals surface area contributed by atoms with Crippen LogP contribution in [0.5, 0.6) is 0 Å². The van der Waals surface area contributed by atoms with E-state index in [0.717, 1.165) is 0 Å². The van der Waals surface area contributed by atoms with Gasteiger partial charge in [-0.05, 0) is 41.8 Å². The molecule has 0 radical (unpaired) electrons. The Morgan fingerprint density at radius 3 is 2.48 bits per heavy atom. The molecule has 0 bridgehead atoms. The Labute approximate surface area is 196 Å². The van der Waals surface area contributed by atoms with Crippen LogP contribution >= 0.6 is 0 Å². The quantitative estimate of drug-likeness (QED) is 0.119. The number of ether oxygens (including phenoxy) is 5. The fourth-order valence-electron chi connectivity index (χ4n) is 4.02. The van der Waals surface area contributed by atoms with Crippen molar-refractivity contribution in [1.82, 2.24) is 4.90 Å². The maximum Gasteiger partial charge on any atom is 0.306 e. The van der Waals surface area contributed by atoms with Gasteiger partial charge in [0.1, 0.15) is 18.8 Å². The van der Waals surface area contributed by atoms with Crippen molar-refractivity contribution in [2.24, 2.45) is 0 Å². The van der Waals surface area contributed by atoms with Crippen LogP contribution in [0.2, 0.25) is 0 Å². The maximum absolute atomic E-state index is 11.9. The van der Waals surface area contributed by atoms with Gasteiger partial charge in [0.15, 0.2) is 18.0 Å². The molecule has 11 heteroatoms. The molecule has 1 aliphatic rings. The second kappa shape index (κ2) is 14.1. The number of aliphatic hydroxyl groups is 1. The molecule has 0 aliphatic carbocycles. The highest BCUT2D eigenvalue weighted by Crippen LogP contribution is 2.36. The second-order valence-corrected chi connectivity index (χ2v) is 8.68. The van der Waals surface area contributed by atoms with Crippen LogP contribution < -0.4 is 0 Å². The molecule has 1 aliphatic heterocycles. The van der Waals surface area contributed by atoms with Crippen LogP contribution in [-0.2, 0) is 43.0 Å². The van der Waals surface area contributed by atoms with E-state index in [1.54, 1.807) is 41.7 Å². The molecule has 0 saturated carbocycles. The van der Waals surface area contributed by atoms with Gasteiger partial charge in [-0.1, -0.05) is 6.92 Å². The summed E-state index contributed by atoms with van der Waals surface area (Å²) in [6, 6.07) is -0.473. The molecule has 0 aromatic carbocycles. The van der Waals surface area contributed by atoms with Crippen molar-refractivity contribution >= 4 is 12.4 Å². The van der Waals surface area contributed by atoms with E-state index in [-0.39, 0.29) is 19.4 Å². The van der Waals surface area contributed by atoms with E-state index in [1.165, 1.54) is 0 Å². The van der Waals surface area contributed by atoms with Gasteiger partial charge in [-0.2, -0.15) is 0 Å². The molecule has 33 heavy (non-hydrogen) atoms. The summed E-state index contributed by atoms with van der Waals surface area (Å²) in [6.07, 6.45) is -4.04. The SMILES string of the molecule is CCC(=O)OC1C(C)OC(OC(C(C)OOCCOC)C(C(C)O)N(C)C)CC1(C)OC=O. The third-order valence-electron chi connectivity index (χ3n) is 5.62. The highest BCUT2D eigenvalue weighted by Gasteiger charge is 2.51. The third-order valence-corrected chi connectivity index (χ3v) is 5.62. The fraction of sp³-hybridized carbons (Fsp3) is 0.909. The van der Waals surface area contributed by atoms with Crippen molar-refractivity contribution in [3.8, 4) is 0 Å². The van der Waals surface area contributed by atoms with Gasteiger partial charge in [0.05, 0.1) is 24.9 Å². The monoisotopic (exact) mass is 479 g/mol. The van der Waals surface area contributed by atoms with E-state index in [9.17, 15) is 14.7 Å². The highest BCUT2D eigenvalue weighted by molar-refractivity contribution is 5.69. The Morgan fingerprint density at radius 1 is 1.30 bits per heavy atom. The molecule has 1 fully saturated rings. The first-order valence-electron chi connectivity index (χ1n) is 11.2. The lowest BCUT2D eigenvalue weighted by Crippen LogP contribution is -2.60. The van der Waals surface area contributed by atoms with E-state index in [0.29, 0.717) is 13.1 Å². The molecule has 0 spiro atoms. The lowest BCUT2D eigenvalue weighted by molar-refractivity contribution is -0.361. The number of carbonyl (C=O) groups excluding carboxylic acids is 2. The normalized spacial score (nSPS) is 29.2. The van der Waals surface area contributed by atoms with Gasteiger partial charge in [0, 0.05) is 20.0 Å². The topological polar surface area (TPSA) is 122 Å². The van der Waals surface area contributed by atoms with E-state index in [2.05, 4.69) is 0 Å². The molecule has 11 nitrogen and oxygen atoms in total. The van der Waals surface area contributed by atoms with Crippen molar-refractivity contribution in [2.75, 3.05) is 34.4 Å². The van der Waals surface area contributed by atoms with Crippen molar-refractivity contribution in [3.05, 3.63) is 0 Å². The number of hydrogen-bond donors (Lipinski definition) is 1. The van der Waals surface area contributed by atoms with Gasteiger partial charge >= 0.3 is 5.97 Å². The van der Waals surface area contributed by atoms with Crippen molar-refractivity contribution in [1.29, 1.82) is 0 Å². The lowest BCUT2D eigenvalue weighted by atomic mass is 9.88. The fourth-order valence-corrected chi connectivity index (χ4v) is 4.02. The van der Waals surface area contributed by atoms with Gasteiger partial charge in [-0.25, -0.2) is 9.78 Å². The van der Waals surface area contributed by atoms with E-state index < -0.39 is 54.4 Å². The molecule has 8 unspecified atom stereocenters. The van der Waals surface area contributed by atoms with Gasteiger partial charge in [-0.15, -0.1) is 0 Å². The van der Waals surface area contributed by atoms with Crippen LogP contribution in [0, 0.1) is 0 Å². The first-order valence-corrected chi connectivity index (χ1v) is 11.2. The predicted octanol–water partition coefficient (Wildman–Crippen LogP) is 1.05. The zero-order valence-electron chi connectivity index (χ0n) is 21.0. The maximum atomic E-state index is 11.9. The van der Waals surface area contributed by atoms with Crippen LogP contribution in [0.3, 0.4) is 0 Å². The van der Waals surface area contributed by atoms with Crippen molar-refractivity contribution in [3.63, 3.8) is 0 Å². The summed E-state index contributed by atoms with van der Waals surface area (Å²) in [5, 5.41) is 10.4. The molecule has 1 saturated heterocycles. The number of likely N-dealkylation sites (N-methyl/N-ethyl adjacent to an activating group) is 1. The van der Waals surface area contributed by atoms with Gasteiger partial charge < -0.3 is 33.7 Å².